The Morgan fingerprint density at radius 2 is 1.75 bits per heavy atom. The van der Waals surface area contributed by atoms with Crippen molar-refractivity contribution in [1.29, 1.82) is 0 Å². The Hall–Kier alpha value is -1.14. The monoisotopic (exact) mass is 286 g/mol. The van der Waals surface area contributed by atoms with E-state index in [9.17, 15) is 9.59 Å². The molecule has 6 nitrogen and oxygen atoms in total. The minimum atomic E-state index is -0.825. The maximum Gasteiger partial charge on any atom is 0.325 e. The summed E-state index contributed by atoms with van der Waals surface area (Å²) >= 11 is 0. The van der Waals surface area contributed by atoms with Crippen LogP contribution in [0.5, 0.6) is 0 Å². The van der Waals surface area contributed by atoms with Gasteiger partial charge in [-0.1, -0.05) is 13.8 Å². The molecule has 0 bridgehead atoms. The minimum absolute atomic E-state index is 0.125. The predicted octanol–water partition coefficient (Wildman–Crippen LogP) is 1.74. The van der Waals surface area contributed by atoms with E-state index in [0.29, 0.717) is 25.6 Å². The number of hydrogen-bond donors (Lipinski definition) is 1. The predicted molar refractivity (Wildman–Crippen MR) is 75.1 cm³/mol. The van der Waals surface area contributed by atoms with E-state index >= 15 is 0 Å². The third kappa shape index (κ3) is 3.93. The molecule has 1 heterocycles. The van der Waals surface area contributed by atoms with Crippen molar-refractivity contribution >= 4 is 11.9 Å². The van der Waals surface area contributed by atoms with Crippen molar-refractivity contribution in [1.82, 2.24) is 10.2 Å². The molecular weight excluding hydrogens is 260 g/mol. The molecule has 0 aromatic carbocycles. The fourth-order valence-corrected chi connectivity index (χ4v) is 2.54. The molecule has 0 spiro atoms. The fraction of sp³-hybridized carbons (Fsp3) is 0.857. The lowest BCUT2D eigenvalue weighted by molar-refractivity contribution is -0.153. The Kier molecular flexibility index (Phi) is 5.95. The average Bonchev–Trinajstić information content (AvgIpc) is 2.52. The molecule has 20 heavy (non-hydrogen) atoms. The molecule has 3 amide bonds. The molecule has 1 saturated heterocycles. The summed E-state index contributed by atoms with van der Waals surface area (Å²) in [5, 5.41) is 2.78. The first-order chi connectivity index (χ1) is 9.34. The highest BCUT2D eigenvalue weighted by Crippen LogP contribution is 2.25. The van der Waals surface area contributed by atoms with Gasteiger partial charge < -0.3 is 14.8 Å². The first-order valence-electron chi connectivity index (χ1n) is 7.21. The normalized spacial score (nSPS) is 23.1. The number of imide groups is 1. The van der Waals surface area contributed by atoms with Crippen molar-refractivity contribution in [3.05, 3.63) is 0 Å². The molecule has 0 aliphatic carbocycles. The van der Waals surface area contributed by atoms with E-state index in [1.54, 1.807) is 6.92 Å². The first-order valence-corrected chi connectivity index (χ1v) is 7.21. The molecular formula is C14H26N2O4. The summed E-state index contributed by atoms with van der Waals surface area (Å²) in [7, 11) is 0. The minimum Gasteiger partial charge on any atom is -0.351 e. The van der Waals surface area contributed by atoms with Gasteiger partial charge >= 0.3 is 6.03 Å². The van der Waals surface area contributed by atoms with Crippen LogP contribution in [0.2, 0.25) is 0 Å². The van der Waals surface area contributed by atoms with Crippen molar-refractivity contribution in [2.24, 2.45) is 5.92 Å². The van der Waals surface area contributed by atoms with Gasteiger partial charge in [-0.05, 0) is 33.1 Å². The van der Waals surface area contributed by atoms with E-state index in [-0.39, 0.29) is 18.5 Å². The molecule has 0 saturated carbocycles. The number of rotatable bonds is 8. The molecule has 0 radical (unpaired) electrons. The van der Waals surface area contributed by atoms with E-state index in [2.05, 4.69) is 5.32 Å². The van der Waals surface area contributed by atoms with Crippen molar-refractivity contribution in [3.63, 3.8) is 0 Å². The van der Waals surface area contributed by atoms with Crippen molar-refractivity contribution in [2.75, 3.05) is 19.8 Å². The first kappa shape index (κ1) is 16.9. The standard InChI is InChI=1S/C14H26N2O4/c1-6-19-11(20-7-2)9-16-12(17)14(5,8-10(3)4)15-13(16)18/h10-11H,6-9H2,1-5H3,(H,15,18)/t14-/m0/s1. The summed E-state index contributed by atoms with van der Waals surface area (Å²) in [4.78, 5) is 25.7. The van der Waals surface area contributed by atoms with Gasteiger partial charge in [-0.2, -0.15) is 0 Å². The van der Waals surface area contributed by atoms with Gasteiger partial charge in [0.05, 0.1) is 6.54 Å². The van der Waals surface area contributed by atoms with Crippen LogP contribution in [0, 0.1) is 5.92 Å². The van der Waals surface area contributed by atoms with Crippen LogP contribution >= 0.6 is 0 Å². The lowest BCUT2D eigenvalue weighted by Crippen LogP contribution is -2.45. The highest BCUT2D eigenvalue weighted by molar-refractivity contribution is 6.06. The number of nitrogens with zero attached hydrogens (tertiary/aromatic N) is 1. The second kappa shape index (κ2) is 7.04. The highest BCUT2D eigenvalue weighted by atomic mass is 16.7. The zero-order valence-corrected chi connectivity index (χ0v) is 13.1. The van der Waals surface area contributed by atoms with Gasteiger partial charge in [0, 0.05) is 13.2 Å². The van der Waals surface area contributed by atoms with Crippen LogP contribution in [0.15, 0.2) is 0 Å². The Labute approximate surface area is 120 Å². The van der Waals surface area contributed by atoms with Crippen molar-refractivity contribution in [2.45, 2.75) is 52.9 Å². The second-order valence-electron chi connectivity index (χ2n) is 5.62. The highest BCUT2D eigenvalue weighted by Gasteiger charge is 2.48. The lowest BCUT2D eigenvalue weighted by Gasteiger charge is -2.25. The molecule has 0 aromatic heterocycles. The van der Waals surface area contributed by atoms with E-state index in [1.165, 1.54) is 4.90 Å². The Morgan fingerprint density at radius 3 is 2.20 bits per heavy atom. The zero-order valence-electron chi connectivity index (χ0n) is 13.1. The van der Waals surface area contributed by atoms with Crippen molar-refractivity contribution in [3.8, 4) is 0 Å². The van der Waals surface area contributed by atoms with Crippen LogP contribution < -0.4 is 5.32 Å². The zero-order chi connectivity index (χ0) is 15.3. The van der Waals surface area contributed by atoms with Gasteiger partial charge in [0.1, 0.15) is 5.54 Å². The van der Waals surface area contributed by atoms with Crippen molar-refractivity contribution < 1.29 is 19.1 Å². The Balaban J connectivity index is 2.75. The summed E-state index contributed by atoms with van der Waals surface area (Å²) < 4.78 is 10.8. The molecule has 116 valence electrons. The number of carbonyl (C=O) groups excluding carboxylic acids is 2. The fourth-order valence-electron chi connectivity index (χ4n) is 2.54. The number of nitrogens with one attached hydrogen (secondary N) is 1. The summed E-state index contributed by atoms with van der Waals surface area (Å²) in [5.74, 6) is 0.111. The maximum absolute atomic E-state index is 12.4. The Morgan fingerprint density at radius 1 is 1.20 bits per heavy atom. The van der Waals surface area contributed by atoms with Gasteiger partial charge in [-0.25, -0.2) is 4.79 Å². The molecule has 1 rings (SSSR count). The molecule has 1 N–H and O–H groups in total. The SMILES string of the molecule is CCOC(CN1C(=O)N[C@@](C)(CC(C)C)C1=O)OCC. The van der Waals surface area contributed by atoms with Gasteiger partial charge in [-0.3, -0.25) is 9.69 Å². The summed E-state index contributed by atoms with van der Waals surface area (Å²) in [6.45, 7) is 10.6. The Bertz CT molecular complexity index is 353. The smallest absolute Gasteiger partial charge is 0.325 e. The van der Waals surface area contributed by atoms with Crippen LogP contribution in [0.1, 0.15) is 41.0 Å². The molecule has 1 atom stereocenters. The second-order valence-corrected chi connectivity index (χ2v) is 5.62. The molecule has 0 aromatic rings. The third-order valence-corrected chi connectivity index (χ3v) is 3.20. The number of ether oxygens (including phenoxy) is 2. The van der Waals surface area contributed by atoms with E-state index < -0.39 is 11.8 Å². The van der Waals surface area contributed by atoms with Gasteiger partial charge in [0.2, 0.25) is 0 Å². The molecule has 1 aliphatic heterocycles. The molecule has 0 unspecified atom stereocenters. The van der Waals surface area contributed by atoms with Gasteiger partial charge in [-0.15, -0.1) is 0 Å². The van der Waals surface area contributed by atoms with Crippen LogP contribution in [0.25, 0.3) is 0 Å². The van der Waals surface area contributed by atoms with E-state index in [1.807, 2.05) is 27.7 Å². The molecule has 1 aliphatic rings. The lowest BCUT2D eigenvalue weighted by atomic mass is 9.91. The maximum atomic E-state index is 12.4. The number of amides is 3. The summed E-state index contributed by atoms with van der Waals surface area (Å²) in [6.07, 6.45) is 0.0447. The van der Waals surface area contributed by atoms with Crippen LogP contribution in [0.4, 0.5) is 4.79 Å². The van der Waals surface area contributed by atoms with Crippen LogP contribution in [-0.4, -0.2) is 48.4 Å². The third-order valence-electron chi connectivity index (χ3n) is 3.20. The van der Waals surface area contributed by atoms with Gasteiger partial charge in [0.25, 0.3) is 5.91 Å². The largest absolute Gasteiger partial charge is 0.351 e. The number of carbonyl (C=O) groups is 2. The number of hydrogen-bond acceptors (Lipinski definition) is 4. The van der Waals surface area contributed by atoms with Crippen LogP contribution in [0.3, 0.4) is 0 Å². The number of urea groups is 1. The summed E-state index contributed by atoms with van der Waals surface area (Å²) in [6, 6.07) is -0.373. The molecule has 1 fully saturated rings. The topological polar surface area (TPSA) is 67.9 Å². The summed E-state index contributed by atoms with van der Waals surface area (Å²) in [5.41, 5.74) is -0.825. The van der Waals surface area contributed by atoms with E-state index in [0.717, 1.165) is 0 Å². The van der Waals surface area contributed by atoms with Crippen LogP contribution in [-0.2, 0) is 14.3 Å². The average molecular weight is 286 g/mol. The molecule has 6 heteroatoms. The van der Waals surface area contributed by atoms with Gasteiger partial charge in [0.15, 0.2) is 6.29 Å². The quantitative estimate of drug-likeness (QED) is 0.545. The van der Waals surface area contributed by atoms with E-state index in [4.69, 9.17) is 9.47 Å².